The second-order valence-electron chi connectivity index (χ2n) is 6.08. The Bertz CT molecular complexity index is 882. The Morgan fingerprint density at radius 2 is 1.92 bits per heavy atom. The molecule has 0 bridgehead atoms. The van der Waals surface area contributed by atoms with Crippen molar-refractivity contribution in [1.29, 1.82) is 0 Å². The number of rotatable bonds is 5. The number of fused-ring (bicyclic) bond motifs is 1. The molecule has 0 fully saturated rings. The molecule has 1 aromatic heterocycles. The van der Waals surface area contributed by atoms with E-state index in [0.717, 1.165) is 23.7 Å². The SMILES string of the molecule is CC(C)NCc1ccc(-c2cc3cc(F)cc(C(N)=O)c3o2)cc1. The van der Waals surface area contributed by atoms with Crippen molar-refractivity contribution in [3.05, 3.63) is 59.4 Å². The summed E-state index contributed by atoms with van der Waals surface area (Å²) in [6.45, 7) is 4.98. The lowest BCUT2D eigenvalue weighted by molar-refractivity contribution is 0.100. The van der Waals surface area contributed by atoms with Crippen molar-refractivity contribution in [3.63, 3.8) is 0 Å². The summed E-state index contributed by atoms with van der Waals surface area (Å²) in [7, 11) is 0. The number of hydrogen-bond donors (Lipinski definition) is 2. The number of nitrogens with two attached hydrogens (primary N) is 1. The fraction of sp³-hybridized carbons (Fsp3) is 0.211. The minimum atomic E-state index is -0.712. The Hall–Kier alpha value is -2.66. The predicted molar refractivity (Wildman–Crippen MR) is 92.1 cm³/mol. The van der Waals surface area contributed by atoms with Crippen LogP contribution in [0, 0.1) is 5.82 Å². The molecule has 2 aromatic carbocycles. The molecule has 0 unspecified atom stereocenters. The van der Waals surface area contributed by atoms with E-state index in [1.54, 1.807) is 6.07 Å². The molecule has 0 spiro atoms. The van der Waals surface area contributed by atoms with Crippen LogP contribution < -0.4 is 11.1 Å². The number of amides is 1. The summed E-state index contributed by atoms with van der Waals surface area (Å²) < 4.78 is 19.4. The van der Waals surface area contributed by atoms with Gasteiger partial charge in [0.15, 0.2) is 0 Å². The van der Waals surface area contributed by atoms with Gasteiger partial charge in [0.1, 0.15) is 17.2 Å². The first kappa shape index (κ1) is 16.2. The average molecular weight is 326 g/mol. The smallest absolute Gasteiger partial charge is 0.252 e. The predicted octanol–water partition coefficient (Wildman–Crippen LogP) is 3.84. The van der Waals surface area contributed by atoms with Crippen molar-refractivity contribution in [2.24, 2.45) is 5.73 Å². The monoisotopic (exact) mass is 326 g/mol. The molecule has 0 aliphatic carbocycles. The standard InChI is InChI=1S/C19H19FN2O2/c1-11(2)22-10-12-3-5-13(6-4-12)17-8-14-7-15(20)9-16(19(21)23)18(14)24-17/h3-9,11,22H,10H2,1-2H3,(H2,21,23). The van der Waals surface area contributed by atoms with Crippen LogP contribution in [0.4, 0.5) is 4.39 Å². The molecule has 24 heavy (non-hydrogen) atoms. The van der Waals surface area contributed by atoms with E-state index in [1.807, 2.05) is 24.3 Å². The number of halogens is 1. The molecule has 124 valence electrons. The molecule has 3 N–H and O–H groups in total. The molecule has 4 nitrogen and oxygen atoms in total. The minimum Gasteiger partial charge on any atom is -0.455 e. The van der Waals surface area contributed by atoms with Gasteiger partial charge in [0.2, 0.25) is 0 Å². The van der Waals surface area contributed by atoms with E-state index in [1.165, 1.54) is 6.07 Å². The maximum Gasteiger partial charge on any atom is 0.252 e. The van der Waals surface area contributed by atoms with Crippen LogP contribution >= 0.6 is 0 Å². The van der Waals surface area contributed by atoms with E-state index >= 15 is 0 Å². The molecule has 3 rings (SSSR count). The van der Waals surface area contributed by atoms with Crippen LogP contribution in [0.5, 0.6) is 0 Å². The van der Waals surface area contributed by atoms with Crippen LogP contribution in [0.1, 0.15) is 29.8 Å². The highest BCUT2D eigenvalue weighted by molar-refractivity contribution is 6.04. The van der Waals surface area contributed by atoms with Gasteiger partial charge in [-0.15, -0.1) is 0 Å². The third kappa shape index (κ3) is 3.31. The highest BCUT2D eigenvalue weighted by Crippen LogP contribution is 2.30. The number of carbonyl (C=O) groups excluding carboxylic acids is 1. The number of primary amides is 1. The summed E-state index contributed by atoms with van der Waals surface area (Å²) in [5, 5.41) is 3.87. The van der Waals surface area contributed by atoms with Crippen molar-refractivity contribution in [3.8, 4) is 11.3 Å². The third-order valence-electron chi connectivity index (χ3n) is 3.80. The Balaban J connectivity index is 1.95. The molecule has 0 saturated carbocycles. The molecule has 1 heterocycles. The van der Waals surface area contributed by atoms with Crippen molar-refractivity contribution in [2.45, 2.75) is 26.4 Å². The Labute approximate surface area is 139 Å². The third-order valence-corrected chi connectivity index (χ3v) is 3.80. The van der Waals surface area contributed by atoms with Gasteiger partial charge in [0, 0.05) is 23.5 Å². The molecule has 1 amide bonds. The summed E-state index contributed by atoms with van der Waals surface area (Å²) >= 11 is 0. The van der Waals surface area contributed by atoms with Crippen molar-refractivity contribution >= 4 is 16.9 Å². The number of nitrogens with one attached hydrogen (secondary N) is 1. The van der Waals surface area contributed by atoms with Crippen LogP contribution in [0.25, 0.3) is 22.3 Å². The fourth-order valence-corrected chi connectivity index (χ4v) is 2.55. The fourth-order valence-electron chi connectivity index (χ4n) is 2.55. The van der Waals surface area contributed by atoms with E-state index < -0.39 is 11.7 Å². The molecule has 0 radical (unpaired) electrons. The lowest BCUT2D eigenvalue weighted by atomic mass is 10.1. The molecule has 0 atom stereocenters. The topological polar surface area (TPSA) is 68.3 Å². The molecular weight excluding hydrogens is 307 g/mol. The van der Waals surface area contributed by atoms with Crippen LogP contribution in [-0.4, -0.2) is 11.9 Å². The highest BCUT2D eigenvalue weighted by atomic mass is 19.1. The molecule has 0 saturated heterocycles. The quantitative estimate of drug-likeness (QED) is 0.748. The van der Waals surface area contributed by atoms with Gasteiger partial charge in [-0.05, 0) is 23.8 Å². The van der Waals surface area contributed by atoms with Crippen LogP contribution in [-0.2, 0) is 6.54 Å². The van der Waals surface area contributed by atoms with E-state index in [9.17, 15) is 9.18 Å². The first-order valence-corrected chi connectivity index (χ1v) is 7.79. The van der Waals surface area contributed by atoms with Gasteiger partial charge >= 0.3 is 0 Å². The van der Waals surface area contributed by atoms with Gasteiger partial charge in [-0.25, -0.2) is 4.39 Å². The highest BCUT2D eigenvalue weighted by Gasteiger charge is 2.15. The molecule has 5 heteroatoms. The normalized spacial score (nSPS) is 11.3. The summed E-state index contributed by atoms with van der Waals surface area (Å²) in [6, 6.07) is 12.5. The van der Waals surface area contributed by atoms with Gasteiger partial charge in [-0.2, -0.15) is 0 Å². The van der Waals surface area contributed by atoms with E-state index in [-0.39, 0.29) is 5.56 Å². The largest absolute Gasteiger partial charge is 0.455 e. The Kier molecular flexibility index (Phi) is 4.36. The van der Waals surface area contributed by atoms with E-state index in [4.69, 9.17) is 10.2 Å². The Morgan fingerprint density at radius 1 is 1.21 bits per heavy atom. The van der Waals surface area contributed by atoms with Crippen molar-refractivity contribution < 1.29 is 13.6 Å². The van der Waals surface area contributed by atoms with Crippen molar-refractivity contribution in [2.75, 3.05) is 0 Å². The Morgan fingerprint density at radius 3 is 2.54 bits per heavy atom. The minimum absolute atomic E-state index is 0.0500. The number of hydrogen-bond acceptors (Lipinski definition) is 3. The van der Waals surface area contributed by atoms with Crippen molar-refractivity contribution in [1.82, 2.24) is 5.32 Å². The van der Waals surface area contributed by atoms with Gasteiger partial charge in [0.25, 0.3) is 5.91 Å². The van der Waals surface area contributed by atoms with Gasteiger partial charge < -0.3 is 15.5 Å². The maximum absolute atomic E-state index is 13.6. The lowest BCUT2D eigenvalue weighted by Gasteiger charge is -2.08. The molecular formula is C19H19FN2O2. The van der Waals surface area contributed by atoms with Crippen LogP contribution in [0.3, 0.4) is 0 Å². The van der Waals surface area contributed by atoms with E-state index in [0.29, 0.717) is 22.8 Å². The zero-order chi connectivity index (χ0) is 17.3. The summed E-state index contributed by atoms with van der Waals surface area (Å²) in [4.78, 5) is 11.5. The van der Waals surface area contributed by atoms with Crippen LogP contribution in [0.2, 0.25) is 0 Å². The summed E-state index contributed by atoms with van der Waals surface area (Å²) in [5.74, 6) is -0.657. The van der Waals surface area contributed by atoms with Crippen LogP contribution in [0.15, 0.2) is 46.9 Å². The van der Waals surface area contributed by atoms with Gasteiger partial charge in [0.05, 0.1) is 5.56 Å². The first-order chi connectivity index (χ1) is 11.4. The van der Waals surface area contributed by atoms with E-state index in [2.05, 4.69) is 19.2 Å². The summed E-state index contributed by atoms with van der Waals surface area (Å²) in [6.07, 6.45) is 0. The molecule has 0 aliphatic rings. The lowest BCUT2D eigenvalue weighted by Crippen LogP contribution is -2.21. The van der Waals surface area contributed by atoms with Gasteiger partial charge in [-0.3, -0.25) is 4.79 Å². The summed E-state index contributed by atoms with van der Waals surface area (Å²) in [5.41, 5.74) is 7.68. The first-order valence-electron chi connectivity index (χ1n) is 7.79. The van der Waals surface area contributed by atoms with Gasteiger partial charge in [-0.1, -0.05) is 38.1 Å². The second kappa shape index (κ2) is 6.45. The second-order valence-corrected chi connectivity index (χ2v) is 6.08. The molecule has 3 aromatic rings. The maximum atomic E-state index is 13.6. The zero-order valence-corrected chi connectivity index (χ0v) is 13.6. The molecule has 0 aliphatic heterocycles. The average Bonchev–Trinajstić information content (AvgIpc) is 2.96. The number of carbonyl (C=O) groups is 1. The zero-order valence-electron chi connectivity index (χ0n) is 13.6. The number of benzene rings is 2. The number of furan rings is 1.